The monoisotopic (exact) mass is 172 g/mol. The summed E-state index contributed by atoms with van der Waals surface area (Å²) in [5, 5.41) is 8.29. The lowest BCUT2D eigenvalue weighted by Crippen LogP contribution is -2.24. The second-order valence-electron chi connectivity index (χ2n) is 2.37. The number of nitriles is 1. The fourth-order valence-corrected chi connectivity index (χ4v) is 1.09. The molecule has 0 aromatic rings. The van der Waals surface area contributed by atoms with Crippen LogP contribution in [0, 0.1) is 11.3 Å². The minimum atomic E-state index is -0.0982. The van der Waals surface area contributed by atoms with Crippen molar-refractivity contribution in [1.29, 1.82) is 5.26 Å². The molecule has 0 heterocycles. The van der Waals surface area contributed by atoms with E-state index in [0.717, 1.165) is 0 Å². The number of nitrogens with zero attached hydrogens (tertiary/aromatic N) is 2. The van der Waals surface area contributed by atoms with E-state index >= 15 is 0 Å². The van der Waals surface area contributed by atoms with Crippen LogP contribution < -0.4 is 0 Å². The molecule has 0 aromatic carbocycles. The number of hydrogen-bond donors (Lipinski definition) is 0. The van der Waals surface area contributed by atoms with Gasteiger partial charge in [0.2, 0.25) is 5.91 Å². The Morgan fingerprint density at radius 3 is 2.64 bits per heavy atom. The van der Waals surface area contributed by atoms with E-state index in [9.17, 15) is 4.79 Å². The molecule has 0 aromatic heterocycles. The first-order valence-corrected chi connectivity index (χ1v) is 4.34. The summed E-state index contributed by atoms with van der Waals surface area (Å²) < 4.78 is 0. The summed E-state index contributed by atoms with van der Waals surface area (Å²) in [7, 11) is 3.42. The molecule has 0 spiro atoms. The summed E-state index contributed by atoms with van der Waals surface area (Å²) in [4.78, 5) is 12.5. The number of carbonyl (C=O) groups is 1. The number of hydrogen-bond acceptors (Lipinski definition) is 3. The number of rotatable bonds is 3. The molecule has 1 unspecified atom stereocenters. The average molecular weight is 172 g/mol. The molecule has 11 heavy (non-hydrogen) atoms. The predicted octanol–water partition coefficient (Wildman–Crippen LogP) is 0.720. The fraction of sp³-hybridized carbons (Fsp3) is 0.714. The summed E-state index contributed by atoms with van der Waals surface area (Å²) >= 11 is 1.36. The Bertz CT molecular complexity index is 174. The topological polar surface area (TPSA) is 44.1 Å². The molecule has 62 valence electrons. The Hall–Kier alpha value is -0.690. The highest BCUT2D eigenvalue weighted by Gasteiger charge is 2.06. The van der Waals surface area contributed by atoms with Crippen LogP contribution >= 0.6 is 11.8 Å². The van der Waals surface area contributed by atoms with Crippen LogP contribution in [0.5, 0.6) is 0 Å². The van der Waals surface area contributed by atoms with E-state index in [4.69, 9.17) is 5.26 Å². The van der Waals surface area contributed by atoms with Crippen molar-refractivity contribution in [2.75, 3.05) is 19.8 Å². The predicted molar refractivity (Wildman–Crippen MR) is 46.2 cm³/mol. The first-order valence-electron chi connectivity index (χ1n) is 3.29. The van der Waals surface area contributed by atoms with E-state index in [0.29, 0.717) is 5.75 Å². The number of amides is 1. The highest BCUT2D eigenvalue weighted by molar-refractivity contribution is 8.00. The second-order valence-corrected chi connectivity index (χ2v) is 3.70. The fourth-order valence-electron chi connectivity index (χ4n) is 0.363. The van der Waals surface area contributed by atoms with Crippen molar-refractivity contribution in [1.82, 2.24) is 4.90 Å². The molecule has 0 bridgehead atoms. The first kappa shape index (κ1) is 10.3. The molecule has 0 saturated heterocycles. The molecule has 0 aliphatic rings. The minimum Gasteiger partial charge on any atom is -0.348 e. The third kappa shape index (κ3) is 4.68. The quantitative estimate of drug-likeness (QED) is 0.630. The number of thioether (sulfide) groups is 1. The average Bonchev–Trinajstić information content (AvgIpc) is 1.99. The molecule has 1 amide bonds. The van der Waals surface area contributed by atoms with Crippen molar-refractivity contribution < 1.29 is 4.79 Å². The van der Waals surface area contributed by atoms with Gasteiger partial charge in [0.15, 0.2) is 0 Å². The van der Waals surface area contributed by atoms with Crippen molar-refractivity contribution in [3.63, 3.8) is 0 Å². The molecule has 0 aliphatic carbocycles. The van der Waals surface area contributed by atoms with E-state index in [-0.39, 0.29) is 11.2 Å². The smallest absolute Gasteiger partial charge is 0.232 e. The van der Waals surface area contributed by atoms with E-state index in [1.165, 1.54) is 16.7 Å². The summed E-state index contributed by atoms with van der Waals surface area (Å²) in [6, 6.07) is 2.05. The van der Waals surface area contributed by atoms with Crippen molar-refractivity contribution in [2.24, 2.45) is 0 Å². The normalized spacial score (nSPS) is 11.8. The molecule has 0 rings (SSSR count). The zero-order valence-corrected chi connectivity index (χ0v) is 7.81. The molecule has 0 fully saturated rings. The maximum Gasteiger partial charge on any atom is 0.232 e. The zero-order chi connectivity index (χ0) is 8.85. The molecular formula is C7H12N2OS. The van der Waals surface area contributed by atoms with Crippen molar-refractivity contribution in [3.8, 4) is 6.07 Å². The van der Waals surface area contributed by atoms with E-state index in [1.807, 2.05) is 0 Å². The van der Waals surface area contributed by atoms with Gasteiger partial charge >= 0.3 is 0 Å². The molecule has 0 radical (unpaired) electrons. The lowest BCUT2D eigenvalue weighted by Gasteiger charge is -2.09. The van der Waals surface area contributed by atoms with Crippen LogP contribution in [0.15, 0.2) is 0 Å². The maximum atomic E-state index is 11.0. The van der Waals surface area contributed by atoms with Crippen LogP contribution in [0.3, 0.4) is 0 Å². The van der Waals surface area contributed by atoms with Gasteiger partial charge in [-0.25, -0.2) is 0 Å². The maximum absolute atomic E-state index is 11.0. The van der Waals surface area contributed by atoms with Gasteiger partial charge < -0.3 is 4.90 Å². The summed E-state index contributed by atoms with van der Waals surface area (Å²) in [5.41, 5.74) is 0. The van der Waals surface area contributed by atoms with Crippen molar-refractivity contribution in [3.05, 3.63) is 0 Å². The SMILES string of the molecule is CC(C#N)SCC(=O)N(C)C. The van der Waals surface area contributed by atoms with E-state index < -0.39 is 0 Å². The van der Waals surface area contributed by atoms with Gasteiger partial charge in [-0.15, -0.1) is 11.8 Å². The van der Waals surface area contributed by atoms with Crippen LogP contribution in [0.25, 0.3) is 0 Å². The Kier molecular flexibility index (Phi) is 4.71. The Labute approximate surface area is 71.4 Å². The first-order chi connectivity index (χ1) is 5.07. The van der Waals surface area contributed by atoms with Crippen LogP contribution in [0.2, 0.25) is 0 Å². The van der Waals surface area contributed by atoms with Crippen LogP contribution in [-0.4, -0.2) is 35.9 Å². The van der Waals surface area contributed by atoms with Crippen LogP contribution in [0.4, 0.5) is 0 Å². The van der Waals surface area contributed by atoms with Gasteiger partial charge in [0.05, 0.1) is 17.1 Å². The Morgan fingerprint density at radius 2 is 2.27 bits per heavy atom. The third-order valence-corrected chi connectivity index (χ3v) is 2.16. The van der Waals surface area contributed by atoms with Gasteiger partial charge in [-0.05, 0) is 6.92 Å². The van der Waals surface area contributed by atoms with E-state index in [2.05, 4.69) is 6.07 Å². The summed E-state index contributed by atoms with van der Waals surface area (Å²) in [6.07, 6.45) is 0. The van der Waals surface area contributed by atoms with Gasteiger partial charge in [0.25, 0.3) is 0 Å². The summed E-state index contributed by atoms with van der Waals surface area (Å²) in [6.45, 7) is 1.79. The molecule has 0 N–H and O–H groups in total. The summed E-state index contributed by atoms with van der Waals surface area (Å²) in [5.74, 6) is 0.443. The van der Waals surface area contributed by atoms with Gasteiger partial charge in [-0.3, -0.25) is 4.79 Å². The van der Waals surface area contributed by atoms with Gasteiger partial charge in [0.1, 0.15) is 0 Å². The van der Waals surface area contributed by atoms with Gasteiger partial charge in [-0.1, -0.05) is 0 Å². The van der Waals surface area contributed by atoms with Crippen LogP contribution in [0.1, 0.15) is 6.92 Å². The van der Waals surface area contributed by atoms with Crippen molar-refractivity contribution in [2.45, 2.75) is 12.2 Å². The zero-order valence-electron chi connectivity index (χ0n) is 7.00. The molecule has 3 nitrogen and oxygen atoms in total. The second kappa shape index (κ2) is 5.03. The lowest BCUT2D eigenvalue weighted by atomic mass is 10.5. The van der Waals surface area contributed by atoms with Gasteiger partial charge in [0, 0.05) is 14.1 Å². The minimum absolute atomic E-state index is 0.0529. The molecule has 4 heteroatoms. The van der Waals surface area contributed by atoms with E-state index in [1.54, 1.807) is 21.0 Å². The largest absolute Gasteiger partial charge is 0.348 e. The van der Waals surface area contributed by atoms with Gasteiger partial charge in [-0.2, -0.15) is 5.26 Å². The lowest BCUT2D eigenvalue weighted by molar-refractivity contribution is -0.125. The highest BCUT2D eigenvalue weighted by Crippen LogP contribution is 2.08. The Morgan fingerprint density at radius 1 is 1.73 bits per heavy atom. The number of carbonyl (C=O) groups excluding carboxylic acids is 1. The third-order valence-electron chi connectivity index (χ3n) is 1.14. The molecule has 0 saturated carbocycles. The Balaban J connectivity index is 3.56. The molecule has 1 atom stereocenters. The highest BCUT2D eigenvalue weighted by atomic mass is 32.2. The molecular weight excluding hydrogens is 160 g/mol. The van der Waals surface area contributed by atoms with Crippen LogP contribution in [-0.2, 0) is 4.79 Å². The molecule has 0 aliphatic heterocycles. The van der Waals surface area contributed by atoms with Crippen molar-refractivity contribution >= 4 is 17.7 Å². The standard InChI is InChI=1S/C7H12N2OS/c1-6(4-8)11-5-7(10)9(2)3/h6H,5H2,1-3H3.